The van der Waals surface area contributed by atoms with E-state index in [1.54, 1.807) is 12.1 Å². The number of hydrogen-bond acceptors (Lipinski definition) is 3. The maximum atomic E-state index is 12.8. The van der Waals surface area contributed by atoms with Crippen molar-refractivity contribution in [2.24, 2.45) is 0 Å². The van der Waals surface area contributed by atoms with E-state index in [0.717, 1.165) is 31.6 Å². The molecule has 0 saturated carbocycles. The molecule has 0 spiro atoms. The number of hydrogen-bond donors (Lipinski definition) is 1. The van der Waals surface area contributed by atoms with Gasteiger partial charge in [0.1, 0.15) is 11.4 Å². The summed E-state index contributed by atoms with van der Waals surface area (Å²) in [6.45, 7) is 5.58. The Bertz CT molecular complexity index is 424. The highest BCUT2D eigenvalue weighted by atomic mass is 19.1. The smallest absolute Gasteiger partial charge is 0.123 e. The number of nitrogens with zero attached hydrogens (tertiary/aromatic N) is 2. The number of halogens is 1. The fourth-order valence-electron chi connectivity index (χ4n) is 1.80. The van der Waals surface area contributed by atoms with E-state index in [1.807, 2.05) is 18.9 Å². The van der Waals surface area contributed by atoms with Crippen LogP contribution in [0.2, 0.25) is 0 Å². The molecule has 1 aromatic rings. The van der Waals surface area contributed by atoms with Crippen molar-refractivity contribution in [1.29, 1.82) is 5.26 Å². The van der Waals surface area contributed by atoms with Crippen LogP contribution in [0, 0.1) is 17.1 Å². The minimum Gasteiger partial charge on any atom is -0.374 e. The Morgan fingerprint density at radius 3 is 2.53 bits per heavy atom. The SMILES string of the molecule is CCCNC(C)(C#N)CCN(C)c1ccc(F)cc1. The molecule has 0 aliphatic carbocycles. The van der Waals surface area contributed by atoms with Gasteiger partial charge in [0.2, 0.25) is 0 Å². The summed E-state index contributed by atoms with van der Waals surface area (Å²) in [4.78, 5) is 2.03. The molecule has 1 N–H and O–H groups in total. The molecule has 1 aromatic carbocycles. The molecule has 0 heterocycles. The van der Waals surface area contributed by atoms with E-state index in [0.29, 0.717) is 0 Å². The van der Waals surface area contributed by atoms with Crippen molar-refractivity contribution in [3.63, 3.8) is 0 Å². The summed E-state index contributed by atoms with van der Waals surface area (Å²) < 4.78 is 12.8. The Balaban J connectivity index is 2.55. The van der Waals surface area contributed by atoms with Gasteiger partial charge >= 0.3 is 0 Å². The predicted molar refractivity (Wildman–Crippen MR) is 76.6 cm³/mol. The first-order chi connectivity index (χ1) is 9.00. The zero-order valence-corrected chi connectivity index (χ0v) is 11.9. The van der Waals surface area contributed by atoms with Crippen LogP contribution >= 0.6 is 0 Å². The third-order valence-corrected chi connectivity index (χ3v) is 3.23. The molecule has 0 aliphatic rings. The van der Waals surface area contributed by atoms with Crippen LogP contribution in [0.3, 0.4) is 0 Å². The molecular formula is C15H22FN3. The zero-order chi connectivity index (χ0) is 14.3. The monoisotopic (exact) mass is 263 g/mol. The largest absolute Gasteiger partial charge is 0.374 e. The van der Waals surface area contributed by atoms with Crippen LogP contribution < -0.4 is 10.2 Å². The molecule has 1 atom stereocenters. The topological polar surface area (TPSA) is 39.1 Å². The first kappa shape index (κ1) is 15.5. The van der Waals surface area contributed by atoms with Crippen molar-refractivity contribution in [1.82, 2.24) is 5.32 Å². The Labute approximate surface area is 115 Å². The minimum absolute atomic E-state index is 0.233. The standard InChI is InChI=1S/C15H22FN3/c1-4-10-18-15(2,12-17)9-11-19(3)14-7-5-13(16)6-8-14/h5-8,18H,4,9-11H2,1-3H3. The van der Waals surface area contributed by atoms with Gasteiger partial charge in [0, 0.05) is 19.3 Å². The molecule has 19 heavy (non-hydrogen) atoms. The van der Waals surface area contributed by atoms with E-state index >= 15 is 0 Å². The third kappa shape index (κ3) is 4.88. The number of nitrogens with one attached hydrogen (secondary N) is 1. The molecule has 0 amide bonds. The molecule has 0 aromatic heterocycles. The van der Waals surface area contributed by atoms with Gasteiger partial charge in [0.05, 0.1) is 6.07 Å². The number of rotatable bonds is 7. The second-order valence-electron chi connectivity index (χ2n) is 5.02. The van der Waals surface area contributed by atoms with Crippen LogP contribution in [0.4, 0.5) is 10.1 Å². The molecule has 0 bridgehead atoms. The molecule has 104 valence electrons. The van der Waals surface area contributed by atoms with Crippen molar-refractivity contribution in [3.8, 4) is 6.07 Å². The maximum Gasteiger partial charge on any atom is 0.123 e. The molecule has 1 rings (SSSR count). The van der Waals surface area contributed by atoms with Crippen LogP contribution in [0.1, 0.15) is 26.7 Å². The second kappa shape index (κ2) is 7.10. The Morgan fingerprint density at radius 1 is 1.37 bits per heavy atom. The lowest BCUT2D eigenvalue weighted by atomic mass is 9.99. The average molecular weight is 263 g/mol. The second-order valence-corrected chi connectivity index (χ2v) is 5.02. The van der Waals surface area contributed by atoms with E-state index in [4.69, 9.17) is 0 Å². The van der Waals surface area contributed by atoms with Crippen molar-refractivity contribution in [3.05, 3.63) is 30.1 Å². The first-order valence-electron chi connectivity index (χ1n) is 6.64. The fourth-order valence-corrected chi connectivity index (χ4v) is 1.80. The third-order valence-electron chi connectivity index (χ3n) is 3.23. The number of nitriles is 1. The quantitative estimate of drug-likeness (QED) is 0.822. The van der Waals surface area contributed by atoms with Gasteiger partial charge in [-0.25, -0.2) is 4.39 Å². The Morgan fingerprint density at radius 2 is 2.00 bits per heavy atom. The van der Waals surface area contributed by atoms with E-state index in [2.05, 4.69) is 18.3 Å². The predicted octanol–water partition coefficient (Wildman–Crippen LogP) is 2.93. The molecule has 0 saturated heterocycles. The van der Waals surface area contributed by atoms with Gasteiger partial charge in [-0.2, -0.15) is 5.26 Å². The molecular weight excluding hydrogens is 241 g/mol. The Kier molecular flexibility index (Phi) is 5.78. The van der Waals surface area contributed by atoms with E-state index in [9.17, 15) is 9.65 Å². The lowest BCUT2D eigenvalue weighted by Crippen LogP contribution is -2.43. The fraction of sp³-hybridized carbons (Fsp3) is 0.533. The summed E-state index contributed by atoms with van der Waals surface area (Å²) in [7, 11) is 1.95. The zero-order valence-electron chi connectivity index (χ0n) is 11.9. The van der Waals surface area contributed by atoms with E-state index in [1.165, 1.54) is 12.1 Å². The van der Waals surface area contributed by atoms with Gasteiger partial charge in [0.25, 0.3) is 0 Å². The van der Waals surface area contributed by atoms with Crippen LogP contribution in [-0.2, 0) is 0 Å². The van der Waals surface area contributed by atoms with Gasteiger partial charge in [0.15, 0.2) is 0 Å². The van der Waals surface area contributed by atoms with Crippen molar-refractivity contribution in [2.75, 3.05) is 25.0 Å². The molecule has 3 nitrogen and oxygen atoms in total. The lowest BCUT2D eigenvalue weighted by molar-refractivity contribution is 0.421. The van der Waals surface area contributed by atoms with Gasteiger partial charge < -0.3 is 4.90 Å². The summed E-state index contributed by atoms with van der Waals surface area (Å²) in [6, 6.07) is 8.73. The van der Waals surface area contributed by atoms with Crippen LogP contribution in [0.5, 0.6) is 0 Å². The molecule has 4 heteroatoms. The maximum absolute atomic E-state index is 12.8. The summed E-state index contributed by atoms with van der Waals surface area (Å²) in [5.41, 5.74) is 0.446. The molecule has 0 radical (unpaired) electrons. The summed E-state index contributed by atoms with van der Waals surface area (Å²) in [5.74, 6) is -0.233. The lowest BCUT2D eigenvalue weighted by Gasteiger charge is -2.27. The van der Waals surface area contributed by atoms with Gasteiger partial charge in [-0.1, -0.05) is 6.92 Å². The van der Waals surface area contributed by atoms with Gasteiger partial charge in [-0.15, -0.1) is 0 Å². The summed E-state index contributed by atoms with van der Waals surface area (Å²) >= 11 is 0. The highest BCUT2D eigenvalue weighted by Gasteiger charge is 2.22. The van der Waals surface area contributed by atoms with Crippen molar-refractivity contribution < 1.29 is 4.39 Å². The van der Waals surface area contributed by atoms with Gasteiger partial charge in [-0.3, -0.25) is 5.32 Å². The first-order valence-corrected chi connectivity index (χ1v) is 6.64. The number of anilines is 1. The van der Waals surface area contributed by atoms with Crippen LogP contribution in [0.15, 0.2) is 24.3 Å². The molecule has 1 unspecified atom stereocenters. The van der Waals surface area contributed by atoms with E-state index < -0.39 is 5.54 Å². The average Bonchev–Trinajstić information content (AvgIpc) is 2.43. The highest BCUT2D eigenvalue weighted by molar-refractivity contribution is 5.45. The van der Waals surface area contributed by atoms with Crippen molar-refractivity contribution in [2.45, 2.75) is 32.2 Å². The Hall–Kier alpha value is -1.60. The number of benzene rings is 1. The van der Waals surface area contributed by atoms with E-state index in [-0.39, 0.29) is 5.82 Å². The molecule has 0 aliphatic heterocycles. The normalized spacial score (nSPS) is 13.6. The van der Waals surface area contributed by atoms with Crippen molar-refractivity contribution >= 4 is 5.69 Å². The van der Waals surface area contributed by atoms with Crippen LogP contribution in [0.25, 0.3) is 0 Å². The van der Waals surface area contributed by atoms with Crippen LogP contribution in [-0.4, -0.2) is 25.7 Å². The van der Waals surface area contributed by atoms with Gasteiger partial charge in [-0.05, 0) is 50.6 Å². The summed E-state index contributed by atoms with van der Waals surface area (Å²) in [5, 5.41) is 12.5. The molecule has 0 fully saturated rings. The minimum atomic E-state index is -0.510. The summed E-state index contributed by atoms with van der Waals surface area (Å²) in [6.07, 6.45) is 1.72. The highest BCUT2D eigenvalue weighted by Crippen LogP contribution is 2.16.